The molecule has 1 saturated heterocycles. The number of nitrogens with zero attached hydrogens (tertiary/aromatic N) is 1. The van der Waals surface area contributed by atoms with Gasteiger partial charge >= 0.3 is 0 Å². The van der Waals surface area contributed by atoms with Gasteiger partial charge in [0.1, 0.15) is 0 Å². The summed E-state index contributed by atoms with van der Waals surface area (Å²) in [5.41, 5.74) is 2.76. The first-order valence-corrected chi connectivity index (χ1v) is 9.26. The molecule has 1 aliphatic heterocycles. The van der Waals surface area contributed by atoms with Gasteiger partial charge in [0.2, 0.25) is 0 Å². The van der Waals surface area contributed by atoms with Crippen LogP contribution in [-0.2, 0) is 0 Å². The molecular weight excluding hydrogens is 324 g/mol. The lowest BCUT2D eigenvalue weighted by Gasteiger charge is -2.23. The summed E-state index contributed by atoms with van der Waals surface area (Å²) in [6.07, 6.45) is 5.51. The molecule has 1 saturated carbocycles. The Morgan fingerprint density at radius 2 is 2.00 bits per heavy atom. The standard InChI is InChI=1S/C18H27BrN2/c1-3-9-20-13(2)14-7-8-18(17(19)10-14)21-11-15-5-4-6-16(15)12-21/h7-8,10,13,15-16,20H,3-6,9,11-12H2,1-2H3. The highest BCUT2D eigenvalue weighted by atomic mass is 79.9. The fraction of sp³-hybridized carbons (Fsp3) is 0.667. The number of rotatable bonds is 5. The van der Waals surface area contributed by atoms with Crippen molar-refractivity contribution in [1.82, 2.24) is 5.32 Å². The number of nitrogens with one attached hydrogen (secondary N) is 1. The number of anilines is 1. The van der Waals surface area contributed by atoms with Crippen LogP contribution in [0.15, 0.2) is 22.7 Å². The zero-order chi connectivity index (χ0) is 14.8. The van der Waals surface area contributed by atoms with Crippen LogP contribution in [0.1, 0.15) is 51.1 Å². The first-order chi connectivity index (χ1) is 10.2. The molecule has 3 heteroatoms. The monoisotopic (exact) mass is 350 g/mol. The molecule has 2 fully saturated rings. The van der Waals surface area contributed by atoms with Gasteiger partial charge in [-0.2, -0.15) is 0 Å². The molecule has 1 aromatic rings. The SMILES string of the molecule is CCCNC(C)c1ccc(N2CC3CCCC3C2)c(Br)c1. The molecule has 2 nitrogen and oxygen atoms in total. The summed E-state index contributed by atoms with van der Waals surface area (Å²) < 4.78 is 1.25. The number of hydrogen-bond donors (Lipinski definition) is 1. The summed E-state index contributed by atoms with van der Waals surface area (Å²) in [6, 6.07) is 7.33. The van der Waals surface area contributed by atoms with Crippen LogP contribution in [-0.4, -0.2) is 19.6 Å². The molecule has 3 atom stereocenters. The normalized spacial score (nSPS) is 26.1. The predicted octanol–water partition coefficient (Wildman–Crippen LogP) is 4.75. The zero-order valence-electron chi connectivity index (χ0n) is 13.2. The Bertz CT molecular complexity index is 476. The minimum absolute atomic E-state index is 0.424. The van der Waals surface area contributed by atoms with Gasteiger partial charge in [-0.1, -0.05) is 19.4 Å². The Morgan fingerprint density at radius 3 is 2.62 bits per heavy atom. The van der Waals surface area contributed by atoms with Gasteiger partial charge in [0.25, 0.3) is 0 Å². The molecule has 2 aliphatic rings. The molecular formula is C18H27BrN2. The van der Waals surface area contributed by atoms with Crippen LogP contribution >= 0.6 is 15.9 Å². The first-order valence-electron chi connectivity index (χ1n) is 8.46. The van der Waals surface area contributed by atoms with Crippen molar-refractivity contribution >= 4 is 21.6 Å². The minimum Gasteiger partial charge on any atom is -0.370 e. The van der Waals surface area contributed by atoms with Crippen molar-refractivity contribution in [3.8, 4) is 0 Å². The van der Waals surface area contributed by atoms with Crippen molar-refractivity contribution in [1.29, 1.82) is 0 Å². The summed E-state index contributed by atoms with van der Waals surface area (Å²) in [7, 11) is 0. The third kappa shape index (κ3) is 3.29. The summed E-state index contributed by atoms with van der Waals surface area (Å²) in [6.45, 7) is 8.05. The van der Waals surface area contributed by atoms with E-state index in [1.807, 2.05) is 0 Å². The molecule has 0 radical (unpaired) electrons. The van der Waals surface area contributed by atoms with Crippen molar-refractivity contribution < 1.29 is 0 Å². The Balaban J connectivity index is 1.70. The third-order valence-corrected chi connectivity index (χ3v) is 5.87. The topological polar surface area (TPSA) is 15.3 Å². The van der Waals surface area contributed by atoms with Crippen LogP contribution < -0.4 is 10.2 Å². The Hall–Kier alpha value is -0.540. The summed E-state index contributed by atoms with van der Waals surface area (Å²) in [5, 5.41) is 3.56. The molecule has 116 valence electrons. The number of halogens is 1. The van der Waals surface area contributed by atoms with Crippen LogP contribution in [0.5, 0.6) is 0 Å². The van der Waals surface area contributed by atoms with Gasteiger partial charge < -0.3 is 10.2 Å². The maximum Gasteiger partial charge on any atom is 0.0511 e. The third-order valence-electron chi connectivity index (χ3n) is 5.24. The number of hydrogen-bond acceptors (Lipinski definition) is 2. The van der Waals surface area contributed by atoms with Crippen LogP contribution in [0.2, 0.25) is 0 Å². The lowest BCUT2D eigenvalue weighted by molar-refractivity contribution is 0.494. The van der Waals surface area contributed by atoms with E-state index in [1.54, 1.807) is 0 Å². The summed E-state index contributed by atoms with van der Waals surface area (Å²) in [4.78, 5) is 2.59. The van der Waals surface area contributed by atoms with E-state index in [4.69, 9.17) is 0 Å². The molecule has 3 unspecified atom stereocenters. The molecule has 0 amide bonds. The fourth-order valence-electron chi connectivity index (χ4n) is 3.96. The Morgan fingerprint density at radius 1 is 1.29 bits per heavy atom. The molecule has 1 heterocycles. The van der Waals surface area contributed by atoms with E-state index in [0.717, 1.165) is 18.4 Å². The number of fused-ring (bicyclic) bond motifs is 1. The Kier molecular flexibility index (Phi) is 4.90. The van der Waals surface area contributed by atoms with Gasteiger partial charge in [-0.15, -0.1) is 0 Å². The van der Waals surface area contributed by atoms with Gasteiger partial charge in [0.15, 0.2) is 0 Å². The maximum absolute atomic E-state index is 3.80. The minimum atomic E-state index is 0.424. The highest BCUT2D eigenvalue weighted by molar-refractivity contribution is 9.10. The highest BCUT2D eigenvalue weighted by Crippen LogP contribution is 2.41. The van der Waals surface area contributed by atoms with Crippen molar-refractivity contribution in [3.63, 3.8) is 0 Å². The van der Waals surface area contributed by atoms with E-state index in [-0.39, 0.29) is 0 Å². The van der Waals surface area contributed by atoms with Crippen LogP contribution in [0.3, 0.4) is 0 Å². The molecule has 1 N–H and O–H groups in total. The molecule has 0 spiro atoms. The van der Waals surface area contributed by atoms with Gasteiger partial charge in [0.05, 0.1) is 5.69 Å². The quantitative estimate of drug-likeness (QED) is 0.824. The summed E-state index contributed by atoms with van der Waals surface area (Å²) in [5.74, 6) is 1.89. The molecule has 1 aromatic carbocycles. The van der Waals surface area contributed by atoms with Crippen LogP contribution in [0.4, 0.5) is 5.69 Å². The second kappa shape index (κ2) is 6.70. The van der Waals surface area contributed by atoms with Gasteiger partial charge in [-0.3, -0.25) is 0 Å². The largest absolute Gasteiger partial charge is 0.370 e. The molecule has 1 aliphatic carbocycles. The average molecular weight is 351 g/mol. The van der Waals surface area contributed by atoms with Crippen molar-refractivity contribution in [2.24, 2.45) is 11.8 Å². The second-order valence-electron chi connectivity index (χ2n) is 6.74. The smallest absolute Gasteiger partial charge is 0.0511 e. The average Bonchev–Trinajstić information content (AvgIpc) is 3.05. The van der Waals surface area contributed by atoms with E-state index < -0.39 is 0 Å². The Labute approximate surface area is 137 Å². The van der Waals surface area contributed by atoms with Gasteiger partial charge in [-0.25, -0.2) is 0 Å². The highest BCUT2D eigenvalue weighted by Gasteiger charge is 2.36. The fourth-order valence-corrected chi connectivity index (χ4v) is 4.61. The van der Waals surface area contributed by atoms with E-state index in [1.165, 1.54) is 54.5 Å². The lowest BCUT2D eigenvalue weighted by Crippen LogP contribution is -2.22. The second-order valence-corrected chi connectivity index (χ2v) is 7.60. The van der Waals surface area contributed by atoms with E-state index in [0.29, 0.717) is 6.04 Å². The molecule has 0 aromatic heterocycles. The zero-order valence-corrected chi connectivity index (χ0v) is 14.8. The van der Waals surface area contributed by atoms with Crippen LogP contribution in [0.25, 0.3) is 0 Å². The van der Waals surface area contributed by atoms with Crippen LogP contribution in [0, 0.1) is 11.8 Å². The lowest BCUT2D eigenvalue weighted by atomic mass is 10.0. The molecule has 21 heavy (non-hydrogen) atoms. The van der Waals surface area contributed by atoms with Crippen molar-refractivity contribution in [2.75, 3.05) is 24.5 Å². The van der Waals surface area contributed by atoms with Crippen molar-refractivity contribution in [3.05, 3.63) is 28.2 Å². The maximum atomic E-state index is 3.80. The summed E-state index contributed by atoms with van der Waals surface area (Å²) >= 11 is 3.80. The molecule has 3 rings (SSSR count). The van der Waals surface area contributed by atoms with Crippen molar-refractivity contribution in [2.45, 2.75) is 45.6 Å². The van der Waals surface area contributed by atoms with E-state index >= 15 is 0 Å². The van der Waals surface area contributed by atoms with Gasteiger partial charge in [0, 0.05) is 23.6 Å². The predicted molar refractivity (Wildman–Crippen MR) is 93.9 cm³/mol. The van der Waals surface area contributed by atoms with Gasteiger partial charge in [-0.05, 0) is 78.2 Å². The van der Waals surface area contributed by atoms with E-state index in [2.05, 4.69) is 58.2 Å². The first kappa shape index (κ1) is 15.4. The van der Waals surface area contributed by atoms with E-state index in [9.17, 15) is 0 Å². The number of benzene rings is 1. The molecule has 0 bridgehead atoms.